The molecule has 1 aromatic heterocycles. The van der Waals surface area contributed by atoms with Gasteiger partial charge in [-0.25, -0.2) is 0 Å². The van der Waals surface area contributed by atoms with E-state index < -0.39 is 0 Å². The minimum atomic E-state index is -0.230. The first kappa shape index (κ1) is 16.1. The number of carbonyl (C=O) groups is 1. The van der Waals surface area contributed by atoms with E-state index in [4.69, 9.17) is 9.15 Å². The molecule has 2 fully saturated rings. The molecule has 1 aliphatic carbocycles. The Labute approximate surface area is 146 Å². The van der Waals surface area contributed by atoms with Crippen molar-refractivity contribution in [3.63, 3.8) is 0 Å². The van der Waals surface area contributed by atoms with Crippen LogP contribution in [0.3, 0.4) is 0 Å². The standard InChI is InChI=1S/C18H22N4O3/c1-12-18(23)22(14-5-7-15(24-2)8-6-14)10-9-21(12)11-16-19-20-17(25-16)13-3-4-13/h5-8,12-13H,3-4,9-11H2,1-2H3/t12-/m0/s1. The van der Waals surface area contributed by atoms with Crippen LogP contribution in [0.25, 0.3) is 0 Å². The molecule has 1 saturated heterocycles. The van der Waals surface area contributed by atoms with Crippen molar-refractivity contribution in [1.82, 2.24) is 15.1 Å². The van der Waals surface area contributed by atoms with E-state index in [1.807, 2.05) is 36.1 Å². The predicted octanol–water partition coefficient (Wildman–Crippen LogP) is 2.19. The van der Waals surface area contributed by atoms with Crippen LogP contribution in [0.5, 0.6) is 5.75 Å². The molecule has 1 amide bonds. The minimum Gasteiger partial charge on any atom is -0.497 e. The van der Waals surface area contributed by atoms with Crippen molar-refractivity contribution in [2.45, 2.75) is 38.3 Å². The lowest BCUT2D eigenvalue weighted by Gasteiger charge is -2.38. The van der Waals surface area contributed by atoms with Crippen molar-refractivity contribution >= 4 is 11.6 Å². The molecule has 7 nitrogen and oxygen atoms in total. The highest BCUT2D eigenvalue weighted by molar-refractivity contribution is 5.97. The van der Waals surface area contributed by atoms with Gasteiger partial charge in [-0.3, -0.25) is 9.69 Å². The third kappa shape index (κ3) is 3.24. The molecule has 25 heavy (non-hydrogen) atoms. The highest BCUT2D eigenvalue weighted by Gasteiger charge is 2.34. The van der Waals surface area contributed by atoms with E-state index in [1.54, 1.807) is 7.11 Å². The quantitative estimate of drug-likeness (QED) is 0.829. The second-order valence-corrected chi connectivity index (χ2v) is 6.64. The zero-order valence-corrected chi connectivity index (χ0v) is 14.5. The molecule has 0 bridgehead atoms. The van der Waals surface area contributed by atoms with Crippen LogP contribution in [0.15, 0.2) is 28.7 Å². The van der Waals surface area contributed by atoms with Crippen LogP contribution in [0.1, 0.15) is 37.5 Å². The Morgan fingerprint density at radius 1 is 1.20 bits per heavy atom. The third-order valence-corrected chi connectivity index (χ3v) is 4.91. The summed E-state index contributed by atoms with van der Waals surface area (Å²) in [6, 6.07) is 7.35. The fourth-order valence-corrected chi connectivity index (χ4v) is 3.15. The summed E-state index contributed by atoms with van der Waals surface area (Å²) in [6.45, 7) is 3.85. The first-order chi connectivity index (χ1) is 12.2. The molecule has 7 heteroatoms. The number of methoxy groups -OCH3 is 1. The molecule has 1 aromatic carbocycles. The maximum atomic E-state index is 12.8. The molecule has 0 radical (unpaired) electrons. The first-order valence-corrected chi connectivity index (χ1v) is 8.67. The molecule has 2 aliphatic rings. The van der Waals surface area contributed by atoms with Crippen LogP contribution in [0, 0.1) is 0 Å². The topological polar surface area (TPSA) is 71.7 Å². The predicted molar refractivity (Wildman–Crippen MR) is 91.5 cm³/mol. The van der Waals surface area contributed by atoms with Crippen LogP contribution in [-0.2, 0) is 11.3 Å². The molecular formula is C18H22N4O3. The number of rotatable bonds is 5. The second-order valence-electron chi connectivity index (χ2n) is 6.64. The summed E-state index contributed by atoms with van der Waals surface area (Å²) in [7, 11) is 1.63. The second kappa shape index (κ2) is 6.48. The molecule has 0 unspecified atom stereocenters. The largest absolute Gasteiger partial charge is 0.497 e. The van der Waals surface area contributed by atoms with Gasteiger partial charge in [0, 0.05) is 24.7 Å². The first-order valence-electron chi connectivity index (χ1n) is 8.67. The number of aromatic nitrogens is 2. The summed E-state index contributed by atoms with van der Waals surface area (Å²) in [5, 5.41) is 8.25. The van der Waals surface area contributed by atoms with E-state index in [-0.39, 0.29) is 11.9 Å². The number of hydrogen-bond acceptors (Lipinski definition) is 6. The molecule has 1 atom stereocenters. The van der Waals surface area contributed by atoms with Gasteiger partial charge in [-0.15, -0.1) is 10.2 Å². The molecule has 2 heterocycles. The van der Waals surface area contributed by atoms with Gasteiger partial charge in [-0.2, -0.15) is 0 Å². The number of nitrogens with zero attached hydrogens (tertiary/aromatic N) is 4. The van der Waals surface area contributed by atoms with E-state index >= 15 is 0 Å². The Hall–Kier alpha value is -2.41. The van der Waals surface area contributed by atoms with Gasteiger partial charge in [-0.1, -0.05) is 0 Å². The van der Waals surface area contributed by atoms with E-state index in [2.05, 4.69) is 15.1 Å². The average Bonchev–Trinajstić information content (AvgIpc) is 3.39. The summed E-state index contributed by atoms with van der Waals surface area (Å²) in [5.41, 5.74) is 0.895. The molecule has 4 rings (SSSR count). The van der Waals surface area contributed by atoms with Crippen LogP contribution in [0.4, 0.5) is 5.69 Å². The van der Waals surface area contributed by atoms with Crippen LogP contribution >= 0.6 is 0 Å². The van der Waals surface area contributed by atoms with Gasteiger partial charge in [0.05, 0.1) is 19.7 Å². The number of ether oxygens (including phenoxy) is 1. The van der Waals surface area contributed by atoms with Crippen molar-refractivity contribution in [3.05, 3.63) is 36.0 Å². The summed E-state index contributed by atoms with van der Waals surface area (Å²) in [4.78, 5) is 16.7. The minimum absolute atomic E-state index is 0.0818. The number of anilines is 1. The summed E-state index contributed by atoms with van der Waals surface area (Å²) in [5.74, 6) is 2.65. The molecule has 132 valence electrons. The normalized spacial score (nSPS) is 21.6. The average molecular weight is 342 g/mol. The van der Waals surface area contributed by atoms with Gasteiger partial charge in [0.25, 0.3) is 0 Å². The van der Waals surface area contributed by atoms with E-state index in [0.717, 1.165) is 36.7 Å². The van der Waals surface area contributed by atoms with E-state index in [9.17, 15) is 4.79 Å². The van der Waals surface area contributed by atoms with Crippen LogP contribution in [-0.4, -0.2) is 47.2 Å². The van der Waals surface area contributed by atoms with Gasteiger partial charge >= 0.3 is 0 Å². The number of benzene rings is 1. The number of carbonyl (C=O) groups excluding carboxylic acids is 1. The number of amides is 1. The summed E-state index contributed by atoms with van der Waals surface area (Å²) >= 11 is 0. The maximum Gasteiger partial charge on any atom is 0.244 e. The Balaban J connectivity index is 1.42. The smallest absolute Gasteiger partial charge is 0.244 e. The van der Waals surface area contributed by atoms with E-state index in [1.165, 1.54) is 0 Å². The van der Waals surface area contributed by atoms with E-state index in [0.29, 0.717) is 24.9 Å². The fourth-order valence-electron chi connectivity index (χ4n) is 3.15. The zero-order chi connectivity index (χ0) is 17.4. The van der Waals surface area contributed by atoms with Gasteiger partial charge < -0.3 is 14.1 Å². The van der Waals surface area contributed by atoms with Crippen molar-refractivity contribution in [3.8, 4) is 5.75 Å². The molecule has 1 aliphatic heterocycles. The lowest BCUT2D eigenvalue weighted by Crippen LogP contribution is -2.55. The number of piperazine rings is 1. The highest BCUT2D eigenvalue weighted by atomic mass is 16.5. The maximum absolute atomic E-state index is 12.8. The Bertz CT molecular complexity index is 754. The molecule has 1 saturated carbocycles. The Kier molecular flexibility index (Phi) is 4.17. The summed E-state index contributed by atoms with van der Waals surface area (Å²) < 4.78 is 10.9. The van der Waals surface area contributed by atoms with Gasteiger partial charge in [0.15, 0.2) is 0 Å². The SMILES string of the molecule is COc1ccc(N2CCN(Cc3nnc(C4CC4)o3)[C@@H](C)C2=O)cc1. The van der Waals surface area contributed by atoms with Gasteiger partial charge in [0.2, 0.25) is 17.7 Å². The molecule has 0 spiro atoms. The van der Waals surface area contributed by atoms with Crippen LogP contribution in [0.2, 0.25) is 0 Å². The van der Waals surface area contributed by atoms with Gasteiger partial charge in [-0.05, 0) is 44.0 Å². The lowest BCUT2D eigenvalue weighted by molar-refractivity contribution is -0.125. The Morgan fingerprint density at radius 3 is 2.64 bits per heavy atom. The molecular weight excluding hydrogens is 320 g/mol. The third-order valence-electron chi connectivity index (χ3n) is 4.91. The number of hydrogen-bond donors (Lipinski definition) is 0. The summed E-state index contributed by atoms with van der Waals surface area (Å²) in [6.07, 6.45) is 2.27. The molecule has 0 N–H and O–H groups in total. The zero-order valence-electron chi connectivity index (χ0n) is 14.5. The fraction of sp³-hybridized carbons (Fsp3) is 0.500. The van der Waals surface area contributed by atoms with Gasteiger partial charge in [0.1, 0.15) is 5.75 Å². The van der Waals surface area contributed by atoms with Crippen molar-refractivity contribution in [2.75, 3.05) is 25.1 Å². The highest BCUT2D eigenvalue weighted by Crippen LogP contribution is 2.39. The van der Waals surface area contributed by atoms with Crippen molar-refractivity contribution in [2.24, 2.45) is 0 Å². The molecule has 2 aromatic rings. The lowest BCUT2D eigenvalue weighted by atomic mass is 10.1. The van der Waals surface area contributed by atoms with Crippen LogP contribution < -0.4 is 9.64 Å². The van der Waals surface area contributed by atoms with Crippen molar-refractivity contribution in [1.29, 1.82) is 0 Å². The van der Waals surface area contributed by atoms with Crippen molar-refractivity contribution < 1.29 is 13.9 Å². The monoisotopic (exact) mass is 342 g/mol. The Morgan fingerprint density at radius 2 is 1.96 bits per heavy atom.